The van der Waals surface area contributed by atoms with Gasteiger partial charge < -0.3 is 19.8 Å². The number of aromatic hydroxyl groups is 1. The van der Waals surface area contributed by atoms with E-state index in [0.29, 0.717) is 18.1 Å². The number of carbonyl (C=O) groups is 1. The van der Waals surface area contributed by atoms with E-state index in [0.717, 1.165) is 53.6 Å². The van der Waals surface area contributed by atoms with E-state index in [-0.39, 0.29) is 17.4 Å². The lowest BCUT2D eigenvalue weighted by atomic mass is 9.83. The van der Waals surface area contributed by atoms with Crippen LogP contribution in [0.5, 0.6) is 11.5 Å². The van der Waals surface area contributed by atoms with Crippen molar-refractivity contribution in [3.63, 3.8) is 0 Å². The zero-order valence-electron chi connectivity index (χ0n) is 21.0. The van der Waals surface area contributed by atoms with Crippen LogP contribution >= 0.6 is 0 Å². The van der Waals surface area contributed by atoms with Crippen LogP contribution in [0.15, 0.2) is 84.0 Å². The third-order valence-corrected chi connectivity index (χ3v) is 6.96. The largest absolute Gasteiger partial charge is 0.507 e. The molecule has 1 saturated carbocycles. The molecule has 3 aromatic carbocycles. The maximum absolute atomic E-state index is 11.3. The third-order valence-electron chi connectivity index (χ3n) is 6.96. The number of benzene rings is 3. The number of pyridine rings is 1. The van der Waals surface area contributed by atoms with E-state index in [1.165, 1.54) is 24.8 Å². The maximum atomic E-state index is 11.3. The Kier molecular flexibility index (Phi) is 7.83. The number of hydrogen-bond donors (Lipinski definition) is 2. The van der Waals surface area contributed by atoms with Crippen molar-refractivity contribution >= 4 is 23.1 Å². The minimum absolute atomic E-state index is 0.174. The molecule has 1 fully saturated rings. The molecule has 1 heterocycles. The minimum Gasteiger partial charge on any atom is -0.507 e. The molecule has 1 aromatic heterocycles. The van der Waals surface area contributed by atoms with E-state index in [9.17, 15) is 15.0 Å². The van der Waals surface area contributed by atoms with Gasteiger partial charge in [-0.25, -0.2) is 9.78 Å². The Balaban J connectivity index is 1.27. The second kappa shape index (κ2) is 11.8. The van der Waals surface area contributed by atoms with Gasteiger partial charge in [-0.2, -0.15) is 0 Å². The first-order chi connectivity index (χ1) is 18.6. The molecule has 0 amide bonds. The average Bonchev–Trinajstić information content (AvgIpc) is 2.95. The number of carboxylic acid groups (broad SMARTS) is 1. The number of aromatic carboxylic acids is 1. The number of para-hydroxylation sites is 1. The molecular weight excluding hydrogens is 480 g/mol. The van der Waals surface area contributed by atoms with Gasteiger partial charge in [-0.3, -0.25) is 0 Å². The van der Waals surface area contributed by atoms with Crippen LogP contribution in [0, 0.1) is 5.92 Å². The molecule has 0 radical (unpaired) electrons. The van der Waals surface area contributed by atoms with Crippen LogP contribution in [0.25, 0.3) is 10.9 Å². The highest BCUT2D eigenvalue weighted by Gasteiger charge is 2.27. The van der Waals surface area contributed by atoms with Crippen molar-refractivity contribution in [1.29, 1.82) is 0 Å². The summed E-state index contributed by atoms with van der Waals surface area (Å²) in [5, 5.41) is 24.3. The number of nitrogens with zero attached hydrogens (tertiary/aromatic N) is 2. The first kappa shape index (κ1) is 25.3. The molecule has 0 bridgehead atoms. The van der Waals surface area contributed by atoms with Crippen LogP contribution in [0.3, 0.4) is 0 Å². The summed E-state index contributed by atoms with van der Waals surface area (Å²) >= 11 is 0. The number of phenols is 1. The van der Waals surface area contributed by atoms with Gasteiger partial charge >= 0.3 is 5.97 Å². The van der Waals surface area contributed by atoms with Crippen molar-refractivity contribution in [2.75, 3.05) is 0 Å². The van der Waals surface area contributed by atoms with Crippen molar-refractivity contribution in [3.8, 4) is 11.5 Å². The topological polar surface area (TPSA) is 101 Å². The molecular formula is C31H30N2O5. The lowest BCUT2D eigenvalue weighted by Gasteiger charge is -2.28. The second-order valence-corrected chi connectivity index (χ2v) is 9.59. The summed E-state index contributed by atoms with van der Waals surface area (Å²) in [5.41, 5.74) is 3.19. The third kappa shape index (κ3) is 6.11. The van der Waals surface area contributed by atoms with Gasteiger partial charge in [0.2, 0.25) is 0 Å². The Bertz CT molecular complexity index is 1430. The fraction of sp³-hybridized carbons (Fsp3) is 0.258. The molecule has 1 atom stereocenters. The second-order valence-electron chi connectivity index (χ2n) is 9.59. The van der Waals surface area contributed by atoms with Crippen LogP contribution < -0.4 is 4.74 Å². The molecule has 1 aliphatic carbocycles. The van der Waals surface area contributed by atoms with E-state index >= 15 is 0 Å². The number of carboxylic acids is 1. The Morgan fingerprint density at radius 2 is 1.79 bits per heavy atom. The van der Waals surface area contributed by atoms with Gasteiger partial charge in [0.15, 0.2) is 6.10 Å². The van der Waals surface area contributed by atoms with E-state index < -0.39 is 5.97 Å². The summed E-state index contributed by atoms with van der Waals surface area (Å²) in [6, 6.07) is 24.3. The fourth-order valence-electron chi connectivity index (χ4n) is 4.92. The van der Waals surface area contributed by atoms with Crippen LogP contribution in [0.4, 0.5) is 0 Å². The van der Waals surface area contributed by atoms with E-state index in [1.54, 1.807) is 6.07 Å². The van der Waals surface area contributed by atoms with Crippen LogP contribution in [-0.4, -0.2) is 27.4 Å². The van der Waals surface area contributed by atoms with Gasteiger partial charge in [-0.05, 0) is 66.4 Å². The summed E-state index contributed by atoms with van der Waals surface area (Å²) in [6.45, 7) is 0.377. The summed E-state index contributed by atoms with van der Waals surface area (Å²) in [6.07, 6.45) is 6.94. The van der Waals surface area contributed by atoms with Gasteiger partial charge in [0.1, 0.15) is 23.7 Å². The minimum atomic E-state index is -1.20. The average molecular weight is 511 g/mol. The molecule has 7 nitrogen and oxygen atoms in total. The van der Waals surface area contributed by atoms with Crippen LogP contribution in [0.1, 0.15) is 65.4 Å². The number of ether oxygens (including phenoxy) is 1. The monoisotopic (exact) mass is 510 g/mol. The van der Waals surface area contributed by atoms with Gasteiger partial charge in [0.25, 0.3) is 0 Å². The van der Waals surface area contributed by atoms with Gasteiger partial charge in [-0.1, -0.05) is 60.8 Å². The number of fused-ring (bicyclic) bond motifs is 1. The number of rotatable bonds is 9. The lowest BCUT2D eigenvalue weighted by molar-refractivity contribution is 0.00274. The summed E-state index contributed by atoms with van der Waals surface area (Å²) < 4.78 is 6.00. The molecule has 2 N–H and O–H groups in total. The molecule has 0 aliphatic heterocycles. The normalized spacial score (nSPS) is 14.9. The molecule has 1 unspecified atom stereocenters. The van der Waals surface area contributed by atoms with E-state index in [1.807, 2.05) is 54.6 Å². The smallest absolute Gasteiger partial charge is 0.339 e. The highest BCUT2D eigenvalue weighted by molar-refractivity contribution is 5.93. The van der Waals surface area contributed by atoms with Crippen molar-refractivity contribution in [2.45, 2.75) is 44.8 Å². The van der Waals surface area contributed by atoms with Crippen molar-refractivity contribution in [3.05, 3.63) is 101 Å². The summed E-state index contributed by atoms with van der Waals surface area (Å²) in [4.78, 5) is 22.0. The van der Waals surface area contributed by atoms with Crippen molar-refractivity contribution in [2.24, 2.45) is 11.1 Å². The van der Waals surface area contributed by atoms with Crippen molar-refractivity contribution in [1.82, 2.24) is 4.98 Å². The SMILES string of the molecule is O=C(O)c1cc(/C=N/OC(c2ccc(OCc3ccc4ccccc4n3)cc2)C2CCCCC2)ccc1O. The first-order valence-corrected chi connectivity index (χ1v) is 12.9. The Morgan fingerprint density at radius 1 is 1.00 bits per heavy atom. The molecule has 38 heavy (non-hydrogen) atoms. The Hall–Kier alpha value is -4.39. The van der Waals surface area contributed by atoms with Crippen LogP contribution in [0.2, 0.25) is 0 Å². The van der Waals surface area contributed by atoms with Gasteiger partial charge in [0, 0.05) is 11.3 Å². The highest BCUT2D eigenvalue weighted by Crippen LogP contribution is 2.37. The Morgan fingerprint density at radius 3 is 2.58 bits per heavy atom. The lowest BCUT2D eigenvalue weighted by Crippen LogP contribution is -2.17. The van der Waals surface area contributed by atoms with Crippen molar-refractivity contribution < 1.29 is 24.6 Å². The van der Waals surface area contributed by atoms with Gasteiger partial charge in [0.05, 0.1) is 17.4 Å². The molecule has 1 aliphatic rings. The number of oxime groups is 1. The highest BCUT2D eigenvalue weighted by atomic mass is 16.6. The number of hydrogen-bond acceptors (Lipinski definition) is 6. The standard InChI is InChI=1S/C31H30N2O5/c34-29-17-10-21(18-27(29)31(35)36)19-32-38-30(23-7-2-1-3-8-23)24-12-15-26(16-13-24)37-20-25-14-11-22-6-4-5-9-28(22)33-25/h4-6,9-19,23,30,34H,1-3,7-8,20H2,(H,35,36)/b32-19+. The summed E-state index contributed by atoms with van der Waals surface area (Å²) in [7, 11) is 0. The molecule has 0 saturated heterocycles. The van der Waals surface area contributed by atoms with E-state index in [4.69, 9.17) is 9.57 Å². The zero-order chi connectivity index (χ0) is 26.3. The predicted molar refractivity (Wildman–Crippen MR) is 146 cm³/mol. The molecule has 7 heteroatoms. The first-order valence-electron chi connectivity index (χ1n) is 12.9. The zero-order valence-corrected chi connectivity index (χ0v) is 21.0. The van der Waals surface area contributed by atoms with E-state index in [2.05, 4.69) is 16.2 Å². The molecule has 5 rings (SSSR count). The summed E-state index contributed by atoms with van der Waals surface area (Å²) in [5.74, 6) is -0.393. The molecule has 0 spiro atoms. The maximum Gasteiger partial charge on any atom is 0.339 e. The predicted octanol–water partition coefficient (Wildman–Crippen LogP) is 6.89. The Labute approximate surface area is 221 Å². The molecule has 194 valence electrons. The fourth-order valence-corrected chi connectivity index (χ4v) is 4.92. The number of aromatic nitrogens is 1. The molecule has 4 aromatic rings. The quantitative estimate of drug-likeness (QED) is 0.188. The van der Waals surface area contributed by atoms with Crippen LogP contribution in [-0.2, 0) is 11.4 Å². The van der Waals surface area contributed by atoms with Gasteiger partial charge in [-0.15, -0.1) is 0 Å².